The Morgan fingerprint density at radius 2 is 2.00 bits per heavy atom. The van der Waals surface area contributed by atoms with Crippen molar-refractivity contribution in [3.63, 3.8) is 0 Å². The van der Waals surface area contributed by atoms with E-state index in [4.69, 9.17) is 4.74 Å². The molecule has 0 aliphatic carbocycles. The Morgan fingerprint density at radius 1 is 1.15 bits per heavy atom. The number of carbonyl (C=O) groups is 1. The number of hydrogen-bond acceptors (Lipinski definition) is 3. The first kappa shape index (κ1) is 17.0. The van der Waals surface area contributed by atoms with Gasteiger partial charge in [-0.25, -0.2) is 13.6 Å². The second-order valence-corrected chi connectivity index (χ2v) is 6.98. The summed E-state index contributed by atoms with van der Waals surface area (Å²) >= 11 is 0. The molecule has 0 aromatic heterocycles. The highest BCUT2D eigenvalue weighted by molar-refractivity contribution is 5.91. The van der Waals surface area contributed by atoms with Crippen molar-refractivity contribution in [1.82, 2.24) is 4.90 Å². The highest BCUT2D eigenvalue weighted by Crippen LogP contribution is 2.32. The van der Waals surface area contributed by atoms with E-state index in [9.17, 15) is 13.6 Å². The summed E-state index contributed by atoms with van der Waals surface area (Å²) in [4.78, 5) is 16.2. The third-order valence-electron chi connectivity index (χ3n) is 5.02. The predicted molar refractivity (Wildman–Crippen MR) is 93.9 cm³/mol. The number of halogens is 2. The van der Waals surface area contributed by atoms with E-state index >= 15 is 0 Å². The summed E-state index contributed by atoms with van der Waals surface area (Å²) < 4.78 is 32.0. The van der Waals surface area contributed by atoms with Crippen molar-refractivity contribution in [2.75, 3.05) is 18.1 Å². The molecule has 2 heterocycles. The number of amides is 1. The van der Waals surface area contributed by atoms with E-state index in [2.05, 4.69) is 4.90 Å². The van der Waals surface area contributed by atoms with Crippen molar-refractivity contribution in [2.45, 2.75) is 32.5 Å². The number of nitrogens with zero attached hydrogens (tertiary/aromatic N) is 2. The molecule has 1 fully saturated rings. The van der Waals surface area contributed by atoms with Crippen LogP contribution in [-0.2, 0) is 17.8 Å². The molecule has 1 unspecified atom stereocenters. The Bertz CT molecular complexity index is 856. The molecule has 0 bridgehead atoms. The summed E-state index contributed by atoms with van der Waals surface area (Å²) in [6.07, 6.45) is 0.471. The smallest absolute Gasteiger partial charge is 0.414 e. The molecule has 1 saturated heterocycles. The lowest BCUT2D eigenvalue weighted by molar-refractivity contribution is 0.177. The number of carbonyl (C=O) groups excluding carboxylic acids is 1. The average molecular weight is 358 g/mol. The molecule has 2 aliphatic heterocycles. The fourth-order valence-corrected chi connectivity index (χ4v) is 3.68. The molecule has 0 N–H and O–H groups in total. The monoisotopic (exact) mass is 358 g/mol. The molecule has 0 saturated carbocycles. The number of hydrogen-bond donors (Lipinski definition) is 0. The van der Waals surface area contributed by atoms with Crippen LogP contribution in [0.15, 0.2) is 36.4 Å². The molecule has 4 rings (SSSR count). The number of anilines is 1. The zero-order valence-corrected chi connectivity index (χ0v) is 14.5. The maximum Gasteiger partial charge on any atom is 0.414 e. The van der Waals surface area contributed by atoms with Crippen LogP contribution in [0.2, 0.25) is 0 Å². The molecule has 6 heteroatoms. The van der Waals surface area contributed by atoms with Crippen molar-refractivity contribution >= 4 is 11.8 Å². The summed E-state index contributed by atoms with van der Waals surface area (Å²) in [6, 6.07) is 10.1. The summed E-state index contributed by atoms with van der Waals surface area (Å²) in [7, 11) is 0. The van der Waals surface area contributed by atoms with Crippen molar-refractivity contribution < 1.29 is 18.3 Å². The molecule has 0 radical (unpaired) electrons. The Morgan fingerprint density at radius 3 is 2.81 bits per heavy atom. The lowest BCUT2D eigenvalue weighted by atomic mass is 10.0. The largest absolute Gasteiger partial charge is 0.447 e. The minimum Gasteiger partial charge on any atom is -0.447 e. The SMILES string of the molecule is Cc1ccc2c(c1)N1C(=O)OCC1CCN(Cc1ccc(F)c(F)c1)C2. The molecule has 1 atom stereocenters. The summed E-state index contributed by atoms with van der Waals surface area (Å²) in [6.45, 7) is 4.26. The molecule has 4 nitrogen and oxygen atoms in total. The van der Waals surface area contributed by atoms with Gasteiger partial charge in [0.15, 0.2) is 11.6 Å². The van der Waals surface area contributed by atoms with Crippen molar-refractivity contribution in [2.24, 2.45) is 0 Å². The van der Waals surface area contributed by atoms with E-state index in [0.717, 1.165) is 41.4 Å². The highest BCUT2D eigenvalue weighted by atomic mass is 19.2. The van der Waals surface area contributed by atoms with Gasteiger partial charge in [-0.05, 0) is 48.2 Å². The normalized spacial score (nSPS) is 20.2. The standard InChI is InChI=1S/C20H20F2N2O2/c1-13-2-4-15-11-23(10-14-3-5-17(21)18(22)9-14)7-6-16-12-26-20(25)24(16)19(15)8-13/h2-5,8-9,16H,6-7,10-12H2,1H3. The minimum absolute atomic E-state index is 0.00389. The third-order valence-corrected chi connectivity index (χ3v) is 5.02. The number of aryl methyl sites for hydroxylation is 1. The maximum absolute atomic E-state index is 13.5. The topological polar surface area (TPSA) is 32.8 Å². The average Bonchev–Trinajstić information content (AvgIpc) is 2.96. The van der Waals surface area contributed by atoms with E-state index in [1.807, 2.05) is 25.1 Å². The van der Waals surface area contributed by atoms with Crippen LogP contribution >= 0.6 is 0 Å². The quantitative estimate of drug-likeness (QED) is 0.813. The number of fused-ring (bicyclic) bond motifs is 3. The molecule has 2 aromatic carbocycles. The lowest BCUT2D eigenvalue weighted by Gasteiger charge is -2.32. The van der Waals surface area contributed by atoms with Gasteiger partial charge in [0.05, 0.1) is 11.7 Å². The van der Waals surface area contributed by atoms with Crippen LogP contribution in [0.4, 0.5) is 19.3 Å². The van der Waals surface area contributed by atoms with Gasteiger partial charge in [0, 0.05) is 19.6 Å². The number of cyclic esters (lactones) is 1. The first-order valence-corrected chi connectivity index (χ1v) is 8.73. The van der Waals surface area contributed by atoms with Gasteiger partial charge in [-0.15, -0.1) is 0 Å². The van der Waals surface area contributed by atoms with Crippen molar-refractivity contribution in [3.05, 3.63) is 64.7 Å². The zero-order chi connectivity index (χ0) is 18.3. The number of rotatable bonds is 2. The van der Waals surface area contributed by atoms with Crippen LogP contribution < -0.4 is 4.90 Å². The Labute approximate surface area is 151 Å². The fourth-order valence-electron chi connectivity index (χ4n) is 3.68. The van der Waals surface area contributed by atoms with E-state index < -0.39 is 11.6 Å². The summed E-state index contributed by atoms with van der Waals surface area (Å²) in [5.74, 6) is -1.66. The van der Waals surface area contributed by atoms with Gasteiger partial charge in [-0.2, -0.15) is 0 Å². The first-order chi connectivity index (χ1) is 12.5. The number of ether oxygens (including phenoxy) is 1. The van der Waals surface area contributed by atoms with Crippen LogP contribution in [-0.4, -0.2) is 30.2 Å². The van der Waals surface area contributed by atoms with Crippen molar-refractivity contribution in [1.29, 1.82) is 0 Å². The third kappa shape index (κ3) is 3.17. The molecule has 2 aromatic rings. The summed E-state index contributed by atoms with van der Waals surface area (Å²) in [5, 5.41) is 0. The Balaban J connectivity index is 1.64. The number of benzene rings is 2. The van der Waals surface area contributed by atoms with E-state index in [1.165, 1.54) is 6.07 Å². The van der Waals surface area contributed by atoms with E-state index in [-0.39, 0.29) is 12.1 Å². The first-order valence-electron chi connectivity index (χ1n) is 8.73. The Hall–Kier alpha value is -2.47. The summed E-state index contributed by atoms with van der Waals surface area (Å²) in [5.41, 5.74) is 3.72. The molecular formula is C20H20F2N2O2. The van der Waals surface area contributed by atoms with Gasteiger partial charge in [-0.3, -0.25) is 9.80 Å². The van der Waals surface area contributed by atoms with Crippen LogP contribution in [0.1, 0.15) is 23.1 Å². The molecule has 26 heavy (non-hydrogen) atoms. The van der Waals surface area contributed by atoms with Gasteiger partial charge in [-0.1, -0.05) is 18.2 Å². The highest BCUT2D eigenvalue weighted by Gasteiger charge is 2.37. The van der Waals surface area contributed by atoms with Gasteiger partial charge in [0.25, 0.3) is 0 Å². The van der Waals surface area contributed by atoms with Gasteiger partial charge < -0.3 is 4.74 Å². The van der Waals surface area contributed by atoms with E-state index in [0.29, 0.717) is 19.7 Å². The van der Waals surface area contributed by atoms with Crippen LogP contribution in [0.3, 0.4) is 0 Å². The van der Waals surface area contributed by atoms with Gasteiger partial charge in [0.2, 0.25) is 0 Å². The predicted octanol–water partition coefficient (Wildman–Crippen LogP) is 4.00. The lowest BCUT2D eigenvalue weighted by Crippen LogP contribution is -2.40. The fraction of sp³-hybridized carbons (Fsp3) is 0.350. The molecule has 136 valence electrons. The Kier molecular flexibility index (Phi) is 4.36. The molecule has 1 amide bonds. The van der Waals surface area contributed by atoms with E-state index in [1.54, 1.807) is 11.0 Å². The van der Waals surface area contributed by atoms with Crippen LogP contribution in [0, 0.1) is 18.6 Å². The molecule has 2 aliphatic rings. The molecular weight excluding hydrogens is 338 g/mol. The molecule has 0 spiro atoms. The van der Waals surface area contributed by atoms with Crippen LogP contribution in [0.5, 0.6) is 0 Å². The maximum atomic E-state index is 13.5. The second-order valence-electron chi connectivity index (χ2n) is 6.98. The minimum atomic E-state index is -0.834. The van der Waals surface area contributed by atoms with Gasteiger partial charge >= 0.3 is 6.09 Å². The van der Waals surface area contributed by atoms with Gasteiger partial charge in [0.1, 0.15) is 6.61 Å². The zero-order valence-electron chi connectivity index (χ0n) is 14.5. The van der Waals surface area contributed by atoms with Crippen LogP contribution in [0.25, 0.3) is 0 Å². The van der Waals surface area contributed by atoms with Crippen molar-refractivity contribution in [3.8, 4) is 0 Å². The second kappa shape index (κ2) is 6.68.